The lowest BCUT2D eigenvalue weighted by molar-refractivity contribution is 0.540. The second-order valence-electron chi connectivity index (χ2n) is 9.14. The summed E-state index contributed by atoms with van der Waals surface area (Å²) in [6, 6.07) is 8.12. The van der Waals surface area contributed by atoms with E-state index in [1.807, 2.05) is 31.4 Å². The monoisotopic (exact) mass is 515 g/mol. The van der Waals surface area contributed by atoms with Crippen LogP contribution in [0.1, 0.15) is 49.6 Å². The van der Waals surface area contributed by atoms with E-state index in [1.54, 1.807) is 21.3 Å². The molecule has 0 radical (unpaired) electrons. The van der Waals surface area contributed by atoms with E-state index in [2.05, 4.69) is 4.90 Å². The smallest absolute Gasteiger partial charge is 0.333 e. The highest BCUT2D eigenvalue weighted by Crippen LogP contribution is 2.28. The maximum absolute atomic E-state index is 14.9. The maximum atomic E-state index is 14.9. The number of halogens is 2. The van der Waals surface area contributed by atoms with Crippen LogP contribution in [0.2, 0.25) is 5.02 Å². The quantitative estimate of drug-likeness (QED) is 0.367. The van der Waals surface area contributed by atoms with E-state index < -0.39 is 17.1 Å². The molecular weight excluding hydrogens is 489 g/mol. The molecule has 1 aliphatic heterocycles. The summed E-state index contributed by atoms with van der Waals surface area (Å²) < 4.78 is 19.4. The molecule has 4 aromatic rings. The van der Waals surface area contributed by atoms with Gasteiger partial charge in [0, 0.05) is 34.6 Å². The molecule has 0 atom stereocenters. The minimum atomic E-state index is -0.444. The van der Waals surface area contributed by atoms with Crippen molar-refractivity contribution in [3.8, 4) is 0 Å². The molecule has 1 aliphatic rings. The van der Waals surface area contributed by atoms with Crippen molar-refractivity contribution in [2.45, 2.75) is 52.2 Å². The molecule has 1 saturated heterocycles. The number of imidazole rings is 1. The summed E-state index contributed by atoms with van der Waals surface area (Å²) in [7, 11) is 0. The van der Waals surface area contributed by atoms with Gasteiger partial charge in [0.15, 0.2) is 11.2 Å². The van der Waals surface area contributed by atoms with Gasteiger partial charge < -0.3 is 4.90 Å². The molecule has 0 bridgehead atoms. The lowest BCUT2D eigenvalue weighted by Crippen LogP contribution is -2.41. The van der Waals surface area contributed by atoms with Crippen molar-refractivity contribution in [1.82, 2.24) is 18.7 Å². The highest BCUT2D eigenvalue weighted by Gasteiger charge is 2.27. The predicted octanol–water partition coefficient (Wildman–Crippen LogP) is 4.88. The lowest BCUT2D eigenvalue weighted by atomic mass is 10.1. The molecule has 0 unspecified atom stereocenters. The molecular formula is C25H27ClFN5O2S. The number of hydrogen-bond donors (Lipinski definition) is 0. The van der Waals surface area contributed by atoms with E-state index in [4.69, 9.17) is 16.6 Å². The highest BCUT2D eigenvalue weighted by atomic mass is 35.5. The topological polar surface area (TPSA) is 65.1 Å². The summed E-state index contributed by atoms with van der Waals surface area (Å²) in [5.41, 5.74) is 0.0710. The molecule has 4 heterocycles. The first kappa shape index (κ1) is 23.8. The average molecular weight is 516 g/mol. The Hall–Kier alpha value is -2.91. The second kappa shape index (κ2) is 9.62. The molecule has 7 nitrogen and oxygen atoms in total. The fourth-order valence-corrected chi connectivity index (χ4v) is 5.65. The summed E-state index contributed by atoms with van der Waals surface area (Å²) in [6.07, 6.45) is 3.13. The number of anilines is 1. The molecule has 10 heteroatoms. The van der Waals surface area contributed by atoms with Crippen LogP contribution in [0, 0.1) is 5.82 Å². The van der Waals surface area contributed by atoms with Crippen LogP contribution in [0.5, 0.6) is 0 Å². The van der Waals surface area contributed by atoms with E-state index in [0.29, 0.717) is 17.2 Å². The van der Waals surface area contributed by atoms with Gasteiger partial charge in [-0.25, -0.2) is 9.18 Å². The Morgan fingerprint density at radius 3 is 2.49 bits per heavy atom. The Bertz CT molecular complexity index is 1460. The number of benzene rings is 1. The molecule has 0 spiro atoms. The van der Waals surface area contributed by atoms with Crippen molar-refractivity contribution in [3.05, 3.63) is 77.8 Å². The Morgan fingerprint density at radius 1 is 1.06 bits per heavy atom. The normalized spacial score (nSPS) is 14.4. The number of rotatable bonds is 6. The Morgan fingerprint density at radius 2 is 1.83 bits per heavy atom. The molecule has 35 heavy (non-hydrogen) atoms. The maximum Gasteiger partial charge on any atom is 0.333 e. The average Bonchev–Trinajstić information content (AvgIpc) is 3.48. The first-order chi connectivity index (χ1) is 16.9. The summed E-state index contributed by atoms with van der Waals surface area (Å²) in [6.45, 7) is 5.57. The first-order valence-corrected chi connectivity index (χ1v) is 13.1. The Labute approximate surface area is 211 Å². The van der Waals surface area contributed by atoms with E-state index in [-0.39, 0.29) is 29.7 Å². The minimum absolute atomic E-state index is 0.0401. The third-order valence-electron chi connectivity index (χ3n) is 6.47. The molecule has 3 aromatic heterocycles. The molecule has 0 N–H and O–H groups in total. The van der Waals surface area contributed by atoms with Gasteiger partial charge in [-0.15, -0.1) is 11.3 Å². The summed E-state index contributed by atoms with van der Waals surface area (Å²) in [4.78, 5) is 35.3. The van der Waals surface area contributed by atoms with E-state index in [9.17, 15) is 14.0 Å². The van der Waals surface area contributed by atoms with Crippen LogP contribution in [0.3, 0.4) is 0 Å². The lowest BCUT2D eigenvalue weighted by Gasteiger charge is -2.28. The minimum Gasteiger partial charge on any atom is -0.342 e. The SMILES string of the molecule is CC(C)n1c(=O)n(Cc2cccs2)c(=O)c2c1nc(N1CCCCC1)n2Cc1c(F)cccc1Cl. The summed E-state index contributed by atoms with van der Waals surface area (Å²) in [5.74, 6) is 0.124. The van der Waals surface area contributed by atoms with Crippen LogP contribution in [-0.4, -0.2) is 31.8 Å². The van der Waals surface area contributed by atoms with Gasteiger partial charge in [-0.1, -0.05) is 23.7 Å². The molecule has 0 saturated carbocycles. The zero-order valence-corrected chi connectivity index (χ0v) is 21.3. The number of fused-ring (bicyclic) bond motifs is 1. The van der Waals surface area contributed by atoms with E-state index in [1.165, 1.54) is 22.0 Å². The van der Waals surface area contributed by atoms with Crippen molar-refractivity contribution < 1.29 is 4.39 Å². The third kappa shape index (κ3) is 4.31. The van der Waals surface area contributed by atoms with Gasteiger partial charge in [0.05, 0.1) is 13.1 Å². The highest BCUT2D eigenvalue weighted by molar-refractivity contribution is 7.09. The van der Waals surface area contributed by atoms with Gasteiger partial charge >= 0.3 is 5.69 Å². The fourth-order valence-electron chi connectivity index (χ4n) is 4.73. The van der Waals surface area contributed by atoms with Crippen molar-refractivity contribution in [3.63, 3.8) is 0 Å². The Kier molecular flexibility index (Phi) is 6.55. The molecule has 0 amide bonds. The van der Waals surface area contributed by atoms with Crippen LogP contribution in [0.15, 0.2) is 45.3 Å². The molecule has 1 aromatic carbocycles. The van der Waals surface area contributed by atoms with Gasteiger partial charge in [-0.05, 0) is 56.7 Å². The van der Waals surface area contributed by atoms with E-state index >= 15 is 0 Å². The zero-order chi connectivity index (χ0) is 24.7. The molecule has 1 fully saturated rings. The standard InChI is InChI=1S/C25H27ClFN5O2S/c1-16(2)32-22-21(23(33)31(25(32)34)14-17-8-7-13-35-17)30(15-18-19(26)9-6-10-20(18)27)24(28-22)29-11-4-3-5-12-29/h6-10,13,16H,3-5,11-12,14-15H2,1-2H3. The summed E-state index contributed by atoms with van der Waals surface area (Å²) in [5, 5.41) is 2.20. The van der Waals surface area contributed by atoms with Crippen molar-refractivity contribution in [2.24, 2.45) is 0 Å². The van der Waals surface area contributed by atoms with Crippen LogP contribution in [0.25, 0.3) is 11.2 Å². The van der Waals surface area contributed by atoms with E-state index in [0.717, 1.165) is 37.2 Å². The number of piperidine rings is 1. The van der Waals surface area contributed by atoms with Gasteiger partial charge in [0.2, 0.25) is 5.95 Å². The zero-order valence-electron chi connectivity index (χ0n) is 19.7. The molecule has 0 aliphatic carbocycles. The summed E-state index contributed by atoms with van der Waals surface area (Å²) >= 11 is 7.87. The fraction of sp³-hybridized carbons (Fsp3) is 0.400. The molecule has 5 rings (SSSR count). The first-order valence-electron chi connectivity index (χ1n) is 11.8. The number of aromatic nitrogens is 4. The molecule has 184 valence electrons. The van der Waals surface area contributed by atoms with Gasteiger partial charge in [0.1, 0.15) is 5.82 Å². The van der Waals surface area contributed by atoms with Crippen molar-refractivity contribution >= 4 is 40.0 Å². The van der Waals surface area contributed by atoms with Gasteiger partial charge in [0.25, 0.3) is 5.56 Å². The van der Waals surface area contributed by atoms with Crippen LogP contribution < -0.4 is 16.1 Å². The van der Waals surface area contributed by atoms with Crippen LogP contribution in [0.4, 0.5) is 10.3 Å². The second-order valence-corrected chi connectivity index (χ2v) is 10.6. The number of hydrogen-bond acceptors (Lipinski definition) is 5. The third-order valence-corrected chi connectivity index (χ3v) is 7.68. The van der Waals surface area contributed by atoms with Crippen molar-refractivity contribution in [1.29, 1.82) is 0 Å². The largest absolute Gasteiger partial charge is 0.342 e. The van der Waals surface area contributed by atoms with Gasteiger partial charge in [-0.2, -0.15) is 4.98 Å². The van der Waals surface area contributed by atoms with Crippen molar-refractivity contribution in [2.75, 3.05) is 18.0 Å². The number of thiophene rings is 1. The van der Waals surface area contributed by atoms with Gasteiger partial charge in [-0.3, -0.25) is 18.5 Å². The predicted molar refractivity (Wildman–Crippen MR) is 139 cm³/mol. The van der Waals surface area contributed by atoms with Crippen LogP contribution in [-0.2, 0) is 13.1 Å². The Balaban J connectivity index is 1.81. The number of nitrogens with zero attached hydrogens (tertiary/aromatic N) is 5. The van der Waals surface area contributed by atoms with Crippen LogP contribution >= 0.6 is 22.9 Å².